The molecule has 0 heterocycles. The Hall–Kier alpha value is -2.23. The van der Waals surface area contributed by atoms with Crippen LogP contribution in [0.5, 0.6) is 5.75 Å². The second-order valence-electron chi connectivity index (χ2n) is 5.76. The highest BCUT2D eigenvalue weighted by molar-refractivity contribution is 5.32. The number of rotatable bonds is 9. The molecule has 25 heavy (non-hydrogen) atoms. The van der Waals surface area contributed by atoms with Gasteiger partial charge in [-0.3, -0.25) is 0 Å². The zero-order valence-electron chi connectivity index (χ0n) is 14.4. The van der Waals surface area contributed by atoms with Gasteiger partial charge in [0, 0.05) is 0 Å². The smallest absolute Gasteiger partial charge is 0.200 e. The van der Waals surface area contributed by atoms with Crippen molar-refractivity contribution in [3.8, 4) is 5.75 Å². The summed E-state index contributed by atoms with van der Waals surface area (Å²) < 4.78 is 45.0. The summed E-state index contributed by atoms with van der Waals surface area (Å²) in [5, 5.41) is 0. The Morgan fingerprint density at radius 3 is 2.16 bits per heavy atom. The van der Waals surface area contributed by atoms with Gasteiger partial charge in [0.25, 0.3) is 0 Å². The Balaban J connectivity index is 1.93. The molecule has 0 N–H and O–H groups in total. The lowest BCUT2D eigenvalue weighted by atomic mass is 10.0. The van der Waals surface area contributed by atoms with Gasteiger partial charge in [-0.2, -0.15) is 4.39 Å². The van der Waals surface area contributed by atoms with Crippen LogP contribution < -0.4 is 4.74 Å². The van der Waals surface area contributed by atoms with Crippen LogP contribution in [0, 0.1) is 11.6 Å². The third kappa shape index (κ3) is 5.66. The minimum atomic E-state index is -0.920. The van der Waals surface area contributed by atoms with Gasteiger partial charge in [-0.25, -0.2) is 8.78 Å². The number of ether oxygens (including phenoxy) is 1. The predicted molar refractivity (Wildman–Crippen MR) is 94.8 cm³/mol. The molecule has 1 nitrogen and oxygen atoms in total. The Kier molecular flexibility index (Phi) is 7.58. The van der Waals surface area contributed by atoms with Gasteiger partial charge < -0.3 is 4.74 Å². The van der Waals surface area contributed by atoms with Crippen molar-refractivity contribution in [2.24, 2.45) is 0 Å². The number of alkyl halides is 1. The summed E-state index contributed by atoms with van der Waals surface area (Å²) in [6.45, 7) is 1.60. The van der Waals surface area contributed by atoms with Crippen LogP contribution in [0.2, 0.25) is 0 Å². The molecule has 0 saturated carbocycles. The normalized spacial score (nSPS) is 11.2. The highest BCUT2D eigenvalue weighted by atomic mass is 19.2. The zero-order chi connectivity index (χ0) is 18.1. The van der Waals surface area contributed by atoms with Crippen LogP contribution in [0.15, 0.2) is 48.6 Å². The van der Waals surface area contributed by atoms with E-state index in [1.807, 2.05) is 30.3 Å². The maximum atomic E-state index is 14.1. The second-order valence-corrected chi connectivity index (χ2v) is 5.76. The molecule has 4 heteroatoms. The van der Waals surface area contributed by atoms with Gasteiger partial charge in [0.2, 0.25) is 5.82 Å². The first-order valence-electron chi connectivity index (χ1n) is 8.54. The molecule has 0 aliphatic rings. The van der Waals surface area contributed by atoms with E-state index in [1.54, 1.807) is 13.0 Å². The number of benzene rings is 2. The predicted octanol–water partition coefficient (Wildman–Crippen LogP) is 5.61. The lowest BCUT2D eigenvalue weighted by molar-refractivity contribution is 0.313. The third-order valence-electron chi connectivity index (χ3n) is 3.99. The second kappa shape index (κ2) is 9.92. The summed E-state index contributed by atoms with van der Waals surface area (Å²) in [6, 6.07) is 11.1. The molecular weight excluding hydrogens is 325 g/mol. The molecule has 0 aliphatic carbocycles. The number of halogens is 3. The molecule has 0 bridgehead atoms. The lowest BCUT2D eigenvalue weighted by Crippen LogP contribution is -2.02. The minimum Gasteiger partial charge on any atom is -0.491 e. The Bertz CT molecular complexity index is 693. The molecule has 0 fully saturated rings. The quantitative estimate of drug-likeness (QED) is 0.536. The topological polar surface area (TPSA) is 9.23 Å². The van der Waals surface area contributed by atoms with E-state index in [0.717, 1.165) is 18.4 Å². The molecule has 0 radical (unpaired) electrons. The Morgan fingerprint density at radius 2 is 1.52 bits per heavy atom. The molecule has 0 aromatic heterocycles. The van der Waals surface area contributed by atoms with Crippen LogP contribution in [0.1, 0.15) is 30.0 Å². The van der Waals surface area contributed by atoms with E-state index in [0.29, 0.717) is 25.0 Å². The summed E-state index contributed by atoms with van der Waals surface area (Å²) in [5.74, 6) is -1.80. The zero-order valence-corrected chi connectivity index (χ0v) is 14.4. The van der Waals surface area contributed by atoms with Crippen LogP contribution in [0.4, 0.5) is 13.2 Å². The fourth-order valence-electron chi connectivity index (χ4n) is 2.61. The van der Waals surface area contributed by atoms with E-state index < -0.39 is 18.3 Å². The first kappa shape index (κ1) is 19.1. The van der Waals surface area contributed by atoms with E-state index in [4.69, 9.17) is 4.74 Å². The molecule has 0 saturated heterocycles. The maximum absolute atomic E-state index is 14.1. The van der Waals surface area contributed by atoms with Crippen LogP contribution in [-0.2, 0) is 19.3 Å². The first-order valence-corrected chi connectivity index (χ1v) is 8.54. The highest BCUT2D eigenvalue weighted by Gasteiger charge is 2.14. The molecule has 134 valence electrons. The summed E-state index contributed by atoms with van der Waals surface area (Å²) >= 11 is 0. The van der Waals surface area contributed by atoms with E-state index in [2.05, 4.69) is 0 Å². The van der Waals surface area contributed by atoms with Gasteiger partial charge in [-0.05, 0) is 55.4 Å². The minimum absolute atomic E-state index is 0.0464. The summed E-state index contributed by atoms with van der Waals surface area (Å²) in [5.41, 5.74) is 2.59. The van der Waals surface area contributed by atoms with Gasteiger partial charge in [-0.15, -0.1) is 0 Å². The third-order valence-corrected chi connectivity index (χ3v) is 3.99. The van der Waals surface area contributed by atoms with Gasteiger partial charge in [0.05, 0.1) is 6.61 Å². The van der Waals surface area contributed by atoms with E-state index in [-0.39, 0.29) is 5.75 Å². The summed E-state index contributed by atoms with van der Waals surface area (Å²) in [7, 11) is 0. The van der Waals surface area contributed by atoms with Gasteiger partial charge in [0.1, 0.15) is 6.67 Å². The molecule has 0 amide bonds. The highest BCUT2D eigenvalue weighted by Crippen LogP contribution is 2.24. The van der Waals surface area contributed by atoms with Gasteiger partial charge in [0.15, 0.2) is 11.6 Å². The van der Waals surface area contributed by atoms with E-state index in [1.165, 1.54) is 17.7 Å². The molecule has 2 aromatic rings. The fraction of sp³-hybridized carbons (Fsp3) is 0.333. The summed E-state index contributed by atoms with van der Waals surface area (Å²) in [4.78, 5) is 0. The van der Waals surface area contributed by atoms with Crippen LogP contribution in [-0.4, -0.2) is 13.3 Å². The molecule has 0 spiro atoms. The summed E-state index contributed by atoms with van der Waals surface area (Å²) in [6.07, 6.45) is 6.06. The van der Waals surface area contributed by atoms with Gasteiger partial charge in [-0.1, -0.05) is 42.5 Å². The average Bonchev–Trinajstić information content (AvgIpc) is 2.63. The van der Waals surface area contributed by atoms with Crippen molar-refractivity contribution in [2.45, 2.75) is 32.6 Å². The number of hydrogen-bond donors (Lipinski definition) is 0. The van der Waals surface area contributed by atoms with Crippen LogP contribution in [0.3, 0.4) is 0 Å². The van der Waals surface area contributed by atoms with Crippen molar-refractivity contribution >= 4 is 0 Å². The van der Waals surface area contributed by atoms with Crippen LogP contribution >= 0.6 is 0 Å². The fourth-order valence-corrected chi connectivity index (χ4v) is 2.61. The molecule has 2 aromatic carbocycles. The molecular formula is C21H23F3O. The van der Waals surface area contributed by atoms with E-state index in [9.17, 15) is 13.2 Å². The molecule has 2 rings (SSSR count). The first-order chi connectivity index (χ1) is 12.2. The number of hydrogen-bond acceptors (Lipinski definition) is 1. The van der Waals surface area contributed by atoms with Crippen molar-refractivity contribution in [3.05, 3.63) is 76.9 Å². The van der Waals surface area contributed by atoms with Crippen molar-refractivity contribution < 1.29 is 17.9 Å². The largest absolute Gasteiger partial charge is 0.491 e. The Morgan fingerprint density at radius 1 is 0.840 bits per heavy atom. The molecule has 0 unspecified atom stereocenters. The average molecular weight is 348 g/mol. The van der Waals surface area contributed by atoms with Crippen molar-refractivity contribution in [2.75, 3.05) is 13.3 Å². The van der Waals surface area contributed by atoms with E-state index >= 15 is 0 Å². The lowest BCUT2D eigenvalue weighted by Gasteiger charge is -2.09. The number of aryl methyl sites for hydroxylation is 3. The maximum Gasteiger partial charge on any atom is 0.200 e. The van der Waals surface area contributed by atoms with Crippen LogP contribution in [0.25, 0.3) is 0 Å². The van der Waals surface area contributed by atoms with Crippen molar-refractivity contribution in [3.63, 3.8) is 0 Å². The molecule has 0 aliphatic heterocycles. The SMILES string of the molecule is CCOc1ccc(CCc2ccc(CC/C=C/CF)cc2)c(F)c1F. The Labute approximate surface area is 147 Å². The van der Waals surface area contributed by atoms with Crippen molar-refractivity contribution in [1.82, 2.24) is 0 Å². The standard InChI is InChI=1S/C21H23F3O/c1-2-25-19-14-13-18(20(23)21(19)24)12-11-17-9-7-16(8-10-17)6-4-3-5-15-22/h3,5,7-10,13-14H,2,4,6,11-12,15H2,1H3/b5-3+. The number of allylic oxidation sites excluding steroid dienone is 2. The monoisotopic (exact) mass is 348 g/mol. The molecule has 0 atom stereocenters. The van der Waals surface area contributed by atoms with Crippen molar-refractivity contribution in [1.29, 1.82) is 0 Å². The van der Waals surface area contributed by atoms with Gasteiger partial charge >= 0.3 is 0 Å².